The van der Waals surface area contributed by atoms with E-state index in [1.165, 1.54) is 17.3 Å². The molecule has 28 heavy (non-hydrogen) atoms. The molecule has 0 bridgehead atoms. The molecule has 2 aromatic carbocycles. The summed E-state index contributed by atoms with van der Waals surface area (Å²) in [4.78, 5) is 32.5. The number of carbonyl (C=O) groups excluding carboxylic acids is 1. The Balaban J connectivity index is 1.63. The molecule has 0 spiro atoms. The van der Waals surface area contributed by atoms with Gasteiger partial charge >= 0.3 is 0 Å². The highest BCUT2D eigenvalue weighted by Gasteiger charge is 2.30. The first kappa shape index (κ1) is 19.0. The quantitative estimate of drug-likeness (QED) is 0.444. The number of fused-ring (bicyclic) bond motifs is 1. The molecule has 7 heteroatoms. The van der Waals surface area contributed by atoms with Crippen LogP contribution in [0, 0.1) is 6.92 Å². The Labute approximate surface area is 175 Å². The molecule has 1 amide bonds. The number of H-pyrrole nitrogens is 1. The topological polar surface area (TPSA) is 74.8 Å². The first-order valence-corrected chi connectivity index (χ1v) is 10.7. The van der Waals surface area contributed by atoms with Gasteiger partial charge in [0.25, 0.3) is 5.56 Å². The number of anilines is 1. The van der Waals surface area contributed by atoms with E-state index in [1.54, 1.807) is 0 Å². The van der Waals surface area contributed by atoms with Crippen LogP contribution in [0.1, 0.15) is 34.6 Å². The first-order valence-electron chi connectivity index (χ1n) is 8.87. The first-order chi connectivity index (χ1) is 13.5. The minimum Gasteiger partial charge on any atom is -0.310 e. The van der Waals surface area contributed by atoms with Gasteiger partial charge in [0.1, 0.15) is 5.82 Å². The minimum atomic E-state index is -0.302. The Kier molecular flexibility index (Phi) is 5.37. The number of aromatic amines is 1. The molecule has 2 N–H and O–H groups in total. The van der Waals surface area contributed by atoms with Crippen LogP contribution in [-0.4, -0.2) is 15.9 Å². The molecule has 5 nitrogen and oxygen atoms in total. The van der Waals surface area contributed by atoms with E-state index in [0.29, 0.717) is 22.3 Å². The van der Waals surface area contributed by atoms with Crippen molar-refractivity contribution in [3.63, 3.8) is 0 Å². The Morgan fingerprint density at radius 3 is 2.54 bits per heavy atom. The minimum absolute atomic E-state index is 0.131. The van der Waals surface area contributed by atoms with Crippen LogP contribution in [0.2, 0.25) is 0 Å². The second-order valence-corrected chi connectivity index (χ2v) is 8.64. The lowest BCUT2D eigenvalue weighted by atomic mass is 9.87. The Morgan fingerprint density at radius 2 is 1.82 bits per heavy atom. The van der Waals surface area contributed by atoms with Gasteiger partial charge in [0.2, 0.25) is 5.91 Å². The molecular weight excluding hydrogens is 438 g/mol. The van der Waals surface area contributed by atoms with Crippen molar-refractivity contribution >= 4 is 39.4 Å². The summed E-state index contributed by atoms with van der Waals surface area (Å²) in [6.45, 7) is 2.05. The molecule has 1 aliphatic heterocycles. The summed E-state index contributed by atoms with van der Waals surface area (Å²) in [7, 11) is 0. The number of nitrogens with one attached hydrogen (secondary N) is 2. The molecule has 0 aliphatic carbocycles. The van der Waals surface area contributed by atoms with Crippen LogP contribution >= 0.6 is 27.7 Å². The van der Waals surface area contributed by atoms with E-state index in [-0.39, 0.29) is 23.8 Å². The second kappa shape index (κ2) is 7.93. The predicted molar refractivity (Wildman–Crippen MR) is 115 cm³/mol. The normalized spacial score (nSPS) is 15.8. The van der Waals surface area contributed by atoms with Gasteiger partial charge in [-0.15, -0.1) is 0 Å². The molecular formula is C21H18BrN3O2S. The largest absolute Gasteiger partial charge is 0.310 e. The molecule has 0 saturated carbocycles. The van der Waals surface area contributed by atoms with Crippen molar-refractivity contribution in [1.82, 2.24) is 9.97 Å². The Bertz CT molecular complexity index is 1080. The van der Waals surface area contributed by atoms with Crippen LogP contribution in [-0.2, 0) is 10.5 Å². The molecule has 1 unspecified atom stereocenters. The maximum atomic E-state index is 12.8. The number of halogens is 1. The number of carbonyl (C=O) groups is 1. The zero-order chi connectivity index (χ0) is 19.7. The van der Waals surface area contributed by atoms with Gasteiger partial charge in [-0.2, -0.15) is 0 Å². The third-order valence-electron chi connectivity index (χ3n) is 4.70. The van der Waals surface area contributed by atoms with Crippen LogP contribution in [0.25, 0.3) is 0 Å². The lowest BCUT2D eigenvalue weighted by molar-refractivity contribution is -0.116. The molecule has 4 rings (SSSR count). The van der Waals surface area contributed by atoms with Crippen molar-refractivity contribution < 1.29 is 4.79 Å². The number of thioether (sulfide) groups is 1. The van der Waals surface area contributed by atoms with Crippen LogP contribution in [0.4, 0.5) is 5.82 Å². The molecule has 0 saturated heterocycles. The van der Waals surface area contributed by atoms with Crippen molar-refractivity contribution in [2.24, 2.45) is 0 Å². The van der Waals surface area contributed by atoms with E-state index in [1.807, 2.05) is 31.2 Å². The summed E-state index contributed by atoms with van der Waals surface area (Å²) < 4.78 is 0.951. The fraction of sp³-hybridized carbons (Fsp3) is 0.190. The highest BCUT2D eigenvalue weighted by molar-refractivity contribution is 9.10. The summed E-state index contributed by atoms with van der Waals surface area (Å²) >= 11 is 4.86. The Morgan fingerprint density at radius 1 is 1.11 bits per heavy atom. The van der Waals surface area contributed by atoms with Crippen molar-refractivity contribution in [1.29, 1.82) is 0 Å². The lowest BCUT2D eigenvalue weighted by Gasteiger charge is -2.24. The summed E-state index contributed by atoms with van der Waals surface area (Å²) in [5.41, 5.74) is 3.58. The lowest BCUT2D eigenvalue weighted by Crippen LogP contribution is -2.31. The molecule has 0 radical (unpaired) electrons. The average Bonchev–Trinajstić information content (AvgIpc) is 2.67. The number of aryl methyl sites for hydroxylation is 1. The number of nitrogens with zero attached hydrogens (tertiary/aromatic N) is 1. The van der Waals surface area contributed by atoms with Gasteiger partial charge in [0.15, 0.2) is 5.16 Å². The van der Waals surface area contributed by atoms with Crippen molar-refractivity contribution in [3.8, 4) is 0 Å². The predicted octanol–water partition coefficient (Wildman–Crippen LogP) is 4.61. The average molecular weight is 456 g/mol. The number of aromatic nitrogens is 2. The zero-order valence-electron chi connectivity index (χ0n) is 15.2. The Hall–Kier alpha value is -2.38. The standard InChI is InChI=1S/C21H18BrN3O2S/c1-12-2-4-13(5-3-12)11-28-21-24-19-18(20(27)25-21)16(10-17(26)23-19)14-6-8-15(22)9-7-14/h2-9,16H,10-11H2,1H3,(H2,23,24,25,26,27). The second-order valence-electron chi connectivity index (χ2n) is 6.76. The highest BCUT2D eigenvalue weighted by Crippen LogP contribution is 2.35. The SMILES string of the molecule is Cc1ccc(CSc2nc3c(c(=O)[nH]2)C(c2ccc(Br)cc2)CC(=O)N3)cc1. The maximum absolute atomic E-state index is 12.8. The number of rotatable bonds is 4. The van der Waals surface area contributed by atoms with Gasteiger partial charge in [0.05, 0.1) is 5.56 Å². The van der Waals surface area contributed by atoms with Crippen LogP contribution in [0.3, 0.4) is 0 Å². The third-order valence-corrected chi connectivity index (χ3v) is 6.17. The van der Waals surface area contributed by atoms with Gasteiger partial charge in [-0.25, -0.2) is 4.98 Å². The van der Waals surface area contributed by atoms with Crippen LogP contribution in [0.15, 0.2) is 63.0 Å². The number of hydrogen-bond acceptors (Lipinski definition) is 4. The van der Waals surface area contributed by atoms with Gasteiger partial charge < -0.3 is 10.3 Å². The molecule has 3 aromatic rings. The van der Waals surface area contributed by atoms with E-state index in [2.05, 4.69) is 55.5 Å². The maximum Gasteiger partial charge on any atom is 0.257 e. The van der Waals surface area contributed by atoms with E-state index in [4.69, 9.17) is 0 Å². The highest BCUT2D eigenvalue weighted by atomic mass is 79.9. The fourth-order valence-electron chi connectivity index (χ4n) is 3.23. The van der Waals surface area contributed by atoms with E-state index in [0.717, 1.165) is 15.6 Å². The number of hydrogen-bond donors (Lipinski definition) is 2. The number of benzene rings is 2. The molecule has 1 aromatic heterocycles. The van der Waals surface area contributed by atoms with Crippen molar-refractivity contribution in [3.05, 3.63) is 85.6 Å². The molecule has 1 aliphatic rings. The van der Waals surface area contributed by atoms with Crippen LogP contribution < -0.4 is 10.9 Å². The van der Waals surface area contributed by atoms with Gasteiger partial charge in [-0.3, -0.25) is 9.59 Å². The van der Waals surface area contributed by atoms with E-state index >= 15 is 0 Å². The summed E-state index contributed by atoms with van der Waals surface area (Å²) in [5.74, 6) is 0.614. The van der Waals surface area contributed by atoms with E-state index in [9.17, 15) is 9.59 Å². The monoisotopic (exact) mass is 455 g/mol. The van der Waals surface area contributed by atoms with Gasteiger partial charge in [-0.05, 0) is 30.2 Å². The smallest absolute Gasteiger partial charge is 0.257 e. The van der Waals surface area contributed by atoms with E-state index < -0.39 is 0 Å². The van der Waals surface area contributed by atoms with Crippen molar-refractivity contribution in [2.75, 3.05) is 5.32 Å². The number of amides is 1. The van der Waals surface area contributed by atoms with Gasteiger partial charge in [0, 0.05) is 22.6 Å². The molecule has 0 fully saturated rings. The van der Waals surface area contributed by atoms with Crippen molar-refractivity contribution in [2.45, 2.75) is 30.2 Å². The molecule has 142 valence electrons. The third kappa shape index (κ3) is 4.05. The van der Waals surface area contributed by atoms with Crippen LogP contribution in [0.5, 0.6) is 0 Å². The summed E-state index contributed by atoms with van der Waals surface area (Å²) in [6.07, 6.45) is 0.231. The summed E-state index contributed by atoms with van der Waals surface area (Å²) in [6, 6.07) is 15.9. The zero-order valence-corrected chi connectivity index (χ0v) is 17.6. The fourth-order valence-corrected chi connectivity index (χ4v) is 4.32. The summed E-state index contributed by atoms with van der Waals surface area (Å²) in [5, 5.41) is 3.27. The van der Waals surface area contributed by atoms with Gasteiger partial charge in [-0.1, -0.05) is 69.7 Å². The molecule has 1 atom stereocenters. The molecule has 2 heterocycles.